The number of nitrogens with one attached hydrogen (secondary N) is 1. The molecule has 2 amide bonds. The van der Waals surface area contributed by atoms with Crippen LogP contribution in [-0.4, -0.2) is 42.9 Å². The Balaban J connectivity index is 0.00000364. The monoisotopic (exact) mass is 409 g/mol. The van der Waals surface area contributed by atoms with Crippen LogP contribution in [-0.2, 0) is 11.2 Å². The van der Waals surface area contributed by atoms with Crippen molar-refractivity contribution in [1.82, 2.24) is 10.2 Å². The van der Waals surface area contributed by atoms with Gasteiger partial charge in [0.1, 0.15) is 6.04 Å². The zero-order chi connectivity index (χ0) is 19.2. The molecule has 0 aliphatic rings. The van der Waals surface area contributed by atoms with Crippen molar-refractivity contribution in [3.63, 3.8) is 0 Å². The largest absolute Gasteiger partial charge is 0.343 e. The molecule has 0 radical (unpaired) electrons. The molecule has 0 spiro atoms. The van der Waals surface area contributed by atoms with E-state index in [2.05, 4.69) is 5.32 Å². The van der Waals surface area contributed by atoms with E-state index in [1.807, 2.05) is 55.6 Å². The number of nitrogens with two attached hydrogens (primary N) is 1. The van der Waals surface area contributed by atoms with Crippen molar-refractivity contribution >= 4 is 35.6 Å². The number of thiophene rings is 1. The molecular formula is C20H28ClN3O2S. The molecular weight excluding hydrogens is 382 g/mol. The van der Waals surface area contributed by atoms with E-state index in [0.717, 1.165) is 5.56 Å². The second-order valence-corrected chi connectivity index (χ2v) is 8.20. The topological polar surface area (TPSA) is 75.4 Å². The highest BCUT2D eigenvalue weighted by molar-refractivity contribution is 7.12. The van der Waals surface area contributed by atoms with Crippen LogP contribution in [0.3, 0.4) is 0 Å². The van der Waals surface area contributed by atoms with E-state index in [9.17, 15) is 9.59 Å². The van der Waals surface area contributed by atoms with Crippen LogP contribution in [0.1, 0.15) is 29.1 Å². The predicted octanol–water partition coefficient (Wildman–Crippen LogP) is 2.95. The lowest BCUT2D eigenvalue weighted by molar-refractivity contribution is -0.133. The molecule has 27 heavy (non-hydrogen) atoms. The molecule has 0 saturated carbocycles. The van der Waals surface area contributed by atoms with Crippen LogP contribution >= 0.6 is 23.7 Å². The minimum Gasteiger partial charge on any atom is -0.343 e. The van der Waals surface area contributed by atoms with Crippen molar-refractivity contribution < 1.29 is 9.59 Å². The predicted molar refractivity (Wildman–Crippen MR) is 113 cm³/mol. The van der Waals surface area contributed by atoms with Crippen LogP contribution in [0.25, 0.3) is 0 Å². The molecule has 2 rings (SSSR count). The number of carbonyl (C=O) groups is 2. The van der Waals surface area contributed by atoms with Crippen LogP contribution in [0.4, 0.5) is 0 Å². The molecule has 0 aliphatic heterocycles. The summed E-state index contributed by atoms with van der Waals surface area (Å²) in [7, 11) is 1.76. The lowest BCUT2D eigenvalue weighted by Crippen LogP contribution is -2.51. The van der Waals surface area contributed by atoms with Gasteiger partial charge in [-0.25, -0.2) is 0 Å². The average Bonchev–Trinajstić information content (AvgIpc) is 3.16. The number of likely N-dealkylation sites (N-methyl/N-ethyl adjacent to an activating group) is 1. The van der Waals surface area contributed by atoms with Crippen LogP contribution < -0.4 is 11.1 Å². The highest BCUT2D eigenvalue weighted by atomic mass is 35.5. The molecule has 2 aromatic rings. The SMILES string of the molecule is CN(CC(C)(C)CN)C(=O)C(Cc1ccccc1)NC(=O)c1cccs1.Cl. The van der Waals surface area contributed by atoms with Gasteiger partial charge in [-0.05, 0) is 29.0 Å². The van der Waals surface area contributed by atoms with Gasteiger partial charge in [-0.2, -0.15) is 0 Å². The minimum absolute atomic E-state index is 0. The Bertz CT molecular complexity index is 720. The van der Waals surface area contributed by atoms with Gasteiger partial charge in [-0.3, -0.25) is 9.59 Å². The molecule has 1 aromatic carbocycles. The first-order chi connectivity index (χ1) is 12.3. The van der Waals surface area contributed by atoms with Crippen molar-refractivity contribution in [1.29, 1.82) is 0 Å². The fraction of sp³-hybridized carbons (Fsp3) is 0.400. The van der Waals surface area contributed by atoms with Gasteiger partial charge in [0.25, 0.3) is 5.91 Å². The smallest absolute Gasteiger partial charge is 0.262 e. The highest BCUT2D eigenvalue weighted by Gasteiger charge is 2.28. The fourth-order valence-electron chi connectivity index (χ4n) is 2.74. The number of halogens is 1. The molecule has 0 saturated heterocycles. The molecule has 0 fully saturated rings. The summed E-state index contributed by atoms with van der Waals surface area (Å²) in [5.74, 6) is -0.332. The number of benzene rings is 1. The Morgan fingerprint density at radius 1 is 1.19 bits per heavy atom. The lowest BCUT2D eigenvalue weighted by Gasteiger charge is -2.31. The fourth-order valence-corrected chi connectivity index (χ4v) is 3.36. The Labute approximate surface area is 171 Å². The lowest BCUT2D eigenvalue weighted by atomic mass is 9.93. The zero-order valence-electron chi connectivity index (χ0n) is 16.0. The summed E-state index contributed by atoms with van der Waals surface area (Å²) in [6.45, 7) is 5.05. The van der Waals surface area contributed by atoms with Crippen molar-refractivity contribution in [2.24, 2.45) is 11.1 Å². The first-order valence-corrected chi connectivity index (χ1v) is 9.54. The van der Waals surface area contributed by atoms with Gasteiger partial charge in [0.2, 0.25) is 5.91 Å². The summed E-state index contributed by atoms with van der Waals surface area (Å²) in [4.78, 5) is 27.8. The summed E-state index contributed by atoms with van der Waals surface area (Å²) in [5.41, 5.74) is 6.62. The van der Waals surface area contributed by atoms with E-state index in [-0.39, 0.29) is 29.6 Å². The van der Waals surface area contributed by atoms with Gasteiger partial charge < -0.3 is 16.0 Å². The Kier molecular flexibility index (Phi) is 8.96. The van der Waals surface area contributed by atoms with Crippen LogP contribution in [0.2, 0.25) is 0 Å². The van der Waals surface area contributed by atoms with Gasteiger partial charge in [-0.1, -0.05) is 50.2 Å². The Morgan fingerprint density at radius 2 is 1.85 bits per heavy atom. The van der Waals surface area contributed by atoms with Crippen LogP contribution in [0.15, 0.2) is 47.8 Å². The van der Waals surface area contributed by atoms with E-state index >= 15 is 0 Å². The molecule has 3 N–H and O–H groups in total. The van der Waals surface area contributed by atoms with Crippen molar-refractivity contribution in [3.8, 4) is 0 Å². The molecule has 148 valence electrons. The maximum absolute atomic E-state index is 13.0. The number of amides is 2. The van der Waals surface area contributed by atoms with Crippen molar-refractivity contribution in [2.75, 3.05) is 20.1 Å². The second-order valence-electron chi connectivity index (χ2n) is 7.26. The van der Waals surface area contributed by atoms with Gasteiger partial charge in [-0.15, -0.1) is 23.7 Å². The molecule has 1 unspecified atom stereocenters. The number of hydrogen-bond acceptors (Lipinski definition) is 4. The molecule has 1 heterocycles. The third-order valence-electron chi connectivity index (χ3n) is 4.23. The summed E-state index contributed by atoms with van der Waals surface area (Å²) < 4.78 is 0. The molecule has 1 atom stereocenters. The third kappa shape index (κ3) is 6.97. The second kappa shape index (κ2) is 10.4. The van der Waals surface area contributed by atoms with Gasteiger partial charge in [0, 0.05) is 20.0 Å². The standard InChI is InChI=1S/C20H27N3O2S.ClH/c1-20(2,13-21)14-23(3)19(25)16(12-15-8-5-4-6-9-15)22-18(24)17-10-7-11-26-17;/h4-11,16H,12-14,21H2,1-3H3,(H,22,24);1H. The number of rotatable bonds is 8. The first kappa shape index (κ1) is 23.1. The van der Waals surface area contributed by atoms with Crippen molar-refractivity contribution in [3.05, 3.63) is 58.3 Å². The molecule has 0 aliphatic carbocycles. The van der Waals surface area contributed by atoms with E-state index in [4.69, 9.17) is 5.73 Å². The van der Waals surface area contributed by atoms with Crippen LogP contribution in [0, 0.1) is 5.41 Å². The average molecular weight is 410 g/mol. The summed E-state index contributed by atoms with van der Waals surface area (Å²) in [5, 5.41) is 4.75. The summed E-state index contributed by atoms with van der Waals surface area (Å²) >= 11 is 1.36. The summed E-state index contributed by atoms with van der Waals surface area (Å²) in [6.07, 6.45) is 0.449. The maximum Gasteiger partial charge on any atom is 0.262 e. The van der Waals surface area contributed by atoms with Crippen molar-refractivity contribution in [2.45, 2.75) is 26.3 Å². The first-order valence-electron chi connectivity index (χ1n) is 8.66. The van der Waals surface area contributed by atoms with E-state index < -0.39 is 6.04 Å². The molecule has 0 bridgehead atoms. The van der Waals surface area contributed by atoms with Gasteiger partial charge in [0.15, 0.2) is 0 Å². The van der Waals surface area contributed by atoms with Crippen LogP contribution in [0.5, 0.6) is 0 Å². The number of hydrogen-bond donors (Lipinski definition) is 2. The van der Waals surface area contributed by atoms with E-state index in [1.54, 1.807) is 18.0 Å². The highest BCUT2D eigenvalue weighted by Crippen LogP contribution is 2.16. The molecule has 7 heteroatoms. The quantitative estimate of drug-likeness (QED) is 0.703. The van der Waals surface area contributed by atoms with Gasteiger partial charge in [0.05, 0.1) is 4.88 Å². The third-order valence-corrected chi connectivity index (χ3v) is 5.09. The Morgan fingerprint density at radius 3 is 2.41 bits per heavy atom. The summed E-state index contributed by atoms with van der Waals surface area (Å²) in [6, 6.07) is 12.7. The molecule has 1 aromatic heterocycles. The minimum atomic E-state index is -0.620. The number of nitrogens with zero attached hydrogens (tertiary/aromatic N) is 1. The Hall–Kier alpha value is -1.89. The van der Waals surface area contributed by atoms with E-state index in [0.29, 0.717) is 24.4 Å². The number of carbonyl (C=O) groups excluding carboxylic acids is 2. The van der Waals surface area contributed by atoms with Gasteiger partial charge >= 0.3 is 0 Å². The molecule has 5 nitrogen and oxygen atoms in total. The van der Waals surface area contributed by atoms with E-state index in [1.165, 1.54) is 11.3 Å². The maximum atomic E-state index is 13.0. The zero-order valence-corrected chi connectivity index (χ0v) is 17.6. The normalized spacial score (nSPS) is 12.0.